The summed E-state index contributed by atoms with van der Waals surface area (Å²) in [5.41, 5.74) is -1.48. The molecule has 0 aliphatic carbocycles. The summed E-state index contributed by atoms with van der Waals surface area (Å²) in [5, 5.41) is 15.9. The van der Waals surface area contributed by atoms with Crippen LogP contribution in [0.3, 0.4) is 0 Å². The van der Waals surface area contributed by atoms with Crippen LogP contribution in [0.1, 0.15) is 26.3 Å². The Morgan fingerprint density at radius 1 is 0.897 bits per heavy atom. The second-order valence-electron chi connectivity index (χ2n) is 8.41. The average molecular weight is 536 g/mol. The molecular weight excluding hydrogens is 520 g/mol. The highest BCUT2D eigenvalue weighted by Crippen LogP contribution is 2.34. The normalized spacial score (nSPS) is 11.5. The molecule has 2 aromatic heterocycles. The highest BCUT2D eigenvalue weighted by molar-refractivity contribution is 6.15. The van der Waals surface area contributed by atoms with Gasteiger partial charge in [0.1, 0.15) is 11.5 Å². The highest BCUT2D eigenvalue weighted by atomic mass is 19.4. The van der Waals surface area contributed by atoms with E-state index in [1.165, 1.54) is 30.5 Å². The molecule has 0 spiro atoms. The largest absolute Gasteiger partial charge is 0.478 e. The number of nitrogens with one attached hydrogen (secondary N) is 3. The van der Waals surface area contributed by atoms with E-state index in [4.69, 9.17) is 0 Å². The average Bonchev–Trinajstić information content (AvgIpc) is 2.89. The highest BCUT2D eigenvalue weighted by Gasteiger charge is 2.35. The molecule has 0 atom stereocenters. The van der Waals surface area contributed by atoms with Gasteiger partial charge in [-0.05, 0) is 54.6 Å². The number of carbonyl (C=O) groups is 2. The molecule has 0 aliphatic rings. The zero-order valence-electron chi connectivity index (χ0n) is 19.6. The lowest BCUT2D eigenvalue weighted by molar-refractivity contribution is -0.138. The maximum atomic E-state index is 13.4. The van der Waals surface area contributed by atoms with Gasteiger partial charge in [0.25, 0.3) is 11.5 Å². The Morgan fingerprint density at radius 2 is 1.62 bits per heavy atom. The number of aromatic nitrogens is 2. The van der Waals surface area contributed by atoms with E-state index in [9.17, 15) is 37.1 Å². The second-order valence-corrected chi connectivity index (χ2v) is 8.41. The smallest absolute Gasteiger partial charge is 0.417 e. The van der Waals surface area contributed by atoms with Crippen LogP contribution in [0.2, 0.25) is 0 Å². The molecule has 5 rings (SSSR count). The number of nitrogens with zero attached hydrogens (tertiary/aromatic N) is 1. The lowest BCUT2D eigenvalue weighted by atomic mass is 10.0. The van der Waals surface area contributed by atoms with Gasteiger partial charge in [-0.15, -0.1) is 0 Å². The van der Waals surface area contributed by atoms with E-state index in [-0.39, 0.29) is 28.4 Å². The van der Waals surface area contributed by atoms with Crippen molar-refractivity contribution in [1.29, 1.82) is 0 Å². The quantitative estimate of drug-likeness (QED) is 0.163. The van der Waals surface area contributed by atoms with Crippen LogP contribution in [0.4, 0.5) is 34.6 Å². The van der Waals surface area contributed by atoms with Gasteiger partial charge < -0.3 is 20.7 Å². The van der Waals surface area contributed by atoms with Crippen LogP contribution in [-0.2, 0) is 6.18 Å². The van der Waals surface area contributed by atoms with Crippen LogP contribution in [0.15, 0.2) is 77.7 Å². The molecule has 0 aliphatic heterocycles. The molecule has 0 fully saturated rings. The van der Waals surface area contributed by atoms with Gasteiger partial charge in [-0.25, -0.2) is 14.2 Å². The van der Waals surface area contributed by atoms with Crippen LogP contribution >= 0.6 is 0 Å². The Labute approximate surface area is 215 Å². The van der Waals surface area contributed by atoms with Crippen molar-refractivity contribution in [3.8, 4) is 0 Å². The van der Waals surface area contributed by atoms with E-state index < -0.39 is 40.6 Å². The predicted octanol–water partition coefficient (Wildman–Crippen LogP) is 5.93. The van der Waals surface area contributed by atoms with E-state index in [0.717, 1.165) is 12.1 Å². The number of H-pyrrole nitrogens is 1. The summed E-state index contributed by atoms with van der Waals surface area (Å²) < 4.78 is 53.2. The van der Waals surface area contributed by atoms with Gasteiger partial charge in [-0.1, -0.05) is 12.1 Å². The molecule has 0 saturated carbocycles. The fraction of sp³-hybridized carbons (Fsp3) is 0.0370. The molecule has 4 N–H and O–H groups in total. The topological polar surface area (TPSA) is 124 Å². The first-order valence-corrected chi connectivity index (χ1v) is 11.2. The summed E-state index contributed by atoms with van der Waals surface area (Å²) in [7, 11) is 0. The molecule has 1 amide bonds. The number of hydrogen-bond acceptors (Lipinski definition) is 5. The summed E-state index contributed by atoms with van der Waals surface area (Å²) in [6.45, 7) is 0. The third kappa shape index (κ3) is 4.87. The van der Waals surface area contributed by atoms with Gasteiger partial charge in [0.15, 0.2) is 0 Å². The standard InChI is InChI=1S/C27H16F4N4O4/c28-13-4-9-16(19(12-13)27(29,30)31)24(36)34-15-7-5-14(6-8-15)33-20-10-11-32-23-22(20)17-2-1-3-18(26(38)39)21(17)25(37)35-23/h1-12H,(H,34,36)(H,38,39)(H2,32,33,35,37). The van der Waals surface area contributed by atoms with Gasteiger partial charge in [0.05, 0.1) is 27.8 Å². The number of rotatable bonds is 5. The Hall–Kier alpha value is -5.26. The molecule has 0 saturated heterocycles. The number of amides is 1. The molecule has 12 heteroatoms. The van der Waals surface area contributed by atoms with E-state index >= 15 is 0 Å². The second kappa shape index (κ2) is 9.56. The minimum atomic E-state index is -4.92. The van der Waals surface area contributed by atoms with Crippen LogP contribution in [0.5, 0.6) is 0 Å². The van der Waals surface area contributed by atoms with Crippen molar-refractivity contribution in [1.82, 2.24) is 9.97 Å². The first kappa shape index (κ1) is 25.4. The number of hydrogen-bond donors (Lipinski definition) is 4. The van der Waals surface area contributed by atoms with Crippen molar-refractivity contribution in [2.75, 3.05) is 10.6 Å². The number of carboxylic acid groups (broad SMARTS) is 1. The molecule has 3 aromatic carbocycles. The van der Waals surface area contributed by atoms with Crippen molar-refractivity contribution in [2.45, 2.75) is 6.18 Å². The van der Waals surface area contributed by atoms with Crippen molar-refractivity contribution < 1.29 is 32.3 Å². The molecule has 0 bridgehead atoms. The fourth-order valence-corrected chi connectivity index (χ4v) is 4.23. The first-order valence-electron chi connectivity index (χ1n) is 11.2. The van der Waals surface area contributed by atoms with Gasteiger partial charge in [-0.2, -0.15) is 13.2 Å². The van der Waals surface area contributed by atoms with Crippen molar-refractivity contribution >= 4 is 50.7 Å². The van der Waals surface area contributed by atoms with Gasteiger partial charge in [-0.3, -0.25) is 9.59 Å². The number of benzene rings is 3. The zero-order chi connectivity index (χ0) is 27.9. The molecule has 39 heavy (non-hydrogen) atoms. The zero-order valence-corrected chi connectivity index (χ0v) is 19.6. The van der Waals surface area contributed by atoms with Gasteiger partial charge >= 0.3 is 12.1 Å². The summed E-state index contributed by atoms with van der Waals surface area (Å²) in [4.78, 5) is 43.6. The SMILES string of the molecule is O=C(Nc1ccc(Nc2ccnc3[nH]c(=O)c4c(C(=O)O)cccc4c23)cc1)c1ccc(F)cc1C(F)(F)F. The molecule has 0 radical (unpaired) electrons. The maximum Gasteiger partial charge on any atom is 0.417 e. The predicted molar refractivity (Wildman–Crippen MR) is 136 cm³/mol. The number of pyridine rings is 2. The molecule has 196 valence electrons. The minimum Gasteiger partial charge on any atom is -0.478 e. The number of aromatic carboxylic acids is 1. The van der Waals surface area contributed by atoms with Crippen LogP contribution in [-0.4, -0.2) is 27.0 Å². The summed E-state index contributed by atoms with van der Waals surface area (Å²) in [5.74, 6) is -3.44. The number of carbonyl (C=O) groups excluding carboxylic acids is 1. The maximum absolute atomic E-state index is 13.4. The number of anilines is 3. The summed E-state index contributed by atoms with van der Waals surface area (Å²) >= 11 is 0. The van der Waals surface area contributed by atoms with Crippen LogP contribution < -0.4 is 16.2 Å². The number of fused-ring (bicyclic) bond motifs is 3. The fourth-order valence-electron chi connectivity index (χ4n) is 4.23. The van der Waals surface area contributed by atoms with Gasteiger partial charge in [0, 0.05) is 28.3 Å². The van der Waals surface area contributed by atoms with E-state index in [1.807, 2.05) is 0 Å². The third-order valence-electron chi connectivity index (χ3n) is 5.93. The monoisotopic (exact) mass is 536 g/mol. The van der Waals surface area contributed by atoms with E-state index in [1.54, 1.807) is 24.3 Å². The summed E-state index contributed by atoms with van der Waals surface area (Å²) in [6, 6.07) is 13.9. The Bertz CT molecular complexity index is 1830. The van der Waals surface area contributed by atoms with Crippen LogP contribution in [0.25, 0.3) is 21.8 Å². The van der Waals surface area contributed by atoms with E-state index in [0.29, 0.717) is 22.1 Å². The van der Waals surface area contributed by atoms with Crippen molar-refractivity contribution in [3.63, 3.8) is 0 Å². The first-order chi connectivity index (χ1) is 18.5. The Morgan fingerprint density at radius 3 is 2.31 bits per heavy atom. The number of carboxylic acids is 1. The number of alkyl halides is 3. The molecule has 5 aromatic rings. The number of halogens is 4. The van der Waals surface area contributed by atoms with Crippen molar-refractivity contribution in [2.24, 2.45) is 0 Å². The molecule has 8 nitrogen and oxygen atoms in total. The van der Waals surface area contributed by atoms with E-state index in [2.05, 4.69) is 20.6 Å². The Kier molecular flexibility index (Phi) is 6.22. The number of aromatic amines is 1. The molecule has 0 unspecified atom stereocenters. The van der Waals surface area contributed by atoms with Crippen LogP contribution in [0, 0.1) is 5.82 Å². The lowest BCUT2D eigenvalue weighted by Crippen LogP contribution is -2.19. The molecular formula is C27H16F4N4O4. The summed E-state index contributed by atoms with van der Waals surface area (Å²) in [6.07, 6.45) is -3.47. The van der Waals surface area contributed by atoms with Gasteiger partial charge in [0.2, 0.25) is 0 Å². The molecule has 2 heterocycles. The Balaban J connectivity index is 1.46. The minimum absolute atomic E-state index is 0.00868. The van der Waals surface area contributed by atoms with Crippen molar-refractivity contribution in [3.05, 3.63) is 106 Å². The lowest BCUT2D eigenvalue weighted by Gasteiger charge is -2.14. The third-order valence-corrected chi connectivity index (χ3v) is 5.93.